The van der Waals surface area contributed by atoms with Crippen LogP contribution in [0.25, 0.3) is 0 Å². The maximum atomic E-state index is 5.73. The lowest BCUT2D eigenvalue weighted by Crippen LogP contribution is -2.44. The van der Waals surface area contributed by atoms with Gasteiger partial charge in [0.2, 0.25) is 0 Å². The maximum absolute atomic E-state index is 5.73. The minimum absolute atomic E-state index is 0.490. The summed E-state index contributed by atoms with van der Waals surface area (Å²) in [5.74, 6) is 1.71. The summed E-state index contributed by atoms with van der Waals surface area (Å²) in [5, 5.41) is 3.52. The summed E-state index contributed by atoms with van der Waals surface area (Å²) in [6.07, 6.45) is 7.09. The Bertz CT molecular complexity index is 241. The quantitative estimate of drug-likeness (QED) is 0.813. The van der Waals surface area contributed by atoms with Crippen LogP contribution < -0.4 is 5.32 Å². The van der Waals surface area contributed by atoms with E-state index in [-0.39, 0.29) is 0 Å². The predicted molar refractivity (Wildman–Crippen MR) is 75.8 cm³/mol. The van der Waals surface area contributed by atoms with Crippen molar-refractivity contribution in [2.45, 2.75) is 51.2 Å². The smallest absolute Gasteiger partial charge is 0.0702 e. The molecule has 4 atom stereocenters. The summed E-state index contributed by atoms with van der Waals surface area (Å²) in [6.45, 7) is 5.70. The Kier molecular flexibility index (Phi) is 5.46. The molecule has 106 valence electrons. The molecular weight excluding hydrogens is 224 g/mol. The van der Waals surface area contributed by atoms with Crippen LogP contribution in [0.4, 0.5) is 0 Å². The first-order valence-electron chi connectivity index (χ1n) is 7.66. The highest BCUT2D eigenvalue weighted by Crippen LogP contribution is 2.29. The zero-order valence-electron chi connectivity index (χ0n) is 12.3. The number of rotatable bonds is 5. The average Bonchev–Trinajstić information content (AvgIpc) is 2.82. The third kappa shape index (κ3) is 3.94. The molecule has 4 unspecified atom stereocenters. The van der Waals surface area contributed by atoms with E-state index in [1.165, 1.54) is 38.6 Å². The SMILES string of the molecule is CNC1CCC(C)CC1CN(C)CC1CCCO1. The van der Waals surface area contributed by atoms with Crippen LogP contribution >= 0.6 is 0 Å². The van der Waals surface area contributed by atoms with Gasteiger partial charge in [0.1, 0.15) is 0 Å². The highest BCUT2D eigenvalue weighted by atomic mass is 16.5. The van der Waals surface area contributed by atoms with Crippen molar-refractivity contribution in [2.75, 3.05) is 33.8 Å². The summed E-state index contributed by atoms with van der Waals surface area (Å²) >= 11 is 0. The third-order valence-electron chi connectivity index (χ3n) is 4.70. The van der Waals surface area contributed by atoms with Gasteiger partial charge in [0.05, 0.1) is 6.10 Å². The Hall–Kier alpha value is -0.120. The Balaban J connectivity index is 1.78. The van der Waals surface area contributed by atoms with Crippen LogP contribution in [-0.2, 0) is 4.74 Å². The van der Waals surface area contributed by atoms with E-state index in [0.717, 1.165) is 25.0 Å². The van der Waals surface area contributed by atoms with Crippen molar-refractivity contribution < 1.29 is 4.74 Å². The number of hydrogen-bond donors (Lipinski definition) is 1. The molecule has 0 spiro atoms. The second kappa shape index (κ2) is 6.88. The zero-order chi connectivity index (χ0) is 13.0. The molecule has 1 aliphatic heterocycles. The molecular formula is C15H30N2O. The lowest BCUT2D eigenvalue weighted by atomic mass is 9.78. The van der Waals surface area contributed by atoms with Gasteiger partial charge in [-0.25, -0.2) is 0 Å². The fraction of sp³-hybridized carbons (Fsp3) is 1.00. The molecule has 1 aliphatic carbocycles. The van der Waals surface area contributed by atoms with Crippen molar-refractivity contribution in [3.05, 3.63) is 0 Å². The Morgan fingerprint density at radius 2 is 2.06 bits per heavy atom. The number of ether oxygens (including phenoxy) is 1. The van der Waals surface area contributed by atoms with Gasteiger partial charge in [-0.2, -0.15) is 0 Å². The molecule has 0 radical (unpaired) electrons. The van der Waals surface area contributed by atoms with E-state index < -0.39 is 0 Å². The first-order chi connectivity index (χ1) is 8.69. The number of nitrogens with zero attached hydrogens (tertiary/aromatic N) is 1. The van der Waals surface area contributed by atoms with E-state index in [2.05, 4.69) is 31.2 Å². The lowest BCUT2D eigenvalue weighted by molar-refractivity contribution is 0.0688. The molecule has 0 bridgehead atoms. The molecule has 0 aromatic rings. The van der Waals surface area contributed by atoms with Crippen molar-refractivity contribution in [2.24, 2.45) is 11.8 Å². The van der Waals surface area contributed by atoms with Crippen LogP contribution in [-0.4, -0.2) is 50.8 Å². The van der Waals surface area contributed by atoms with E-state index in [1.54, 1.807) is 0 Å². The zero-order valence-corrected chi connectivity index (χ0v) is 12.3. The largest absolute Gasteiger partial charge is 0.377 e. The van der Waals surface area contributed by atoms with Gasteiger partial charge in [0, 0.05) is 25.7 Å². The van der Waals surface area contributed by atoms with E-state index in [1.807, 2.05) is 0 Å². The van der Waals surface area contributed by atoms with Gasteiger partial charge < -0.3 is 15.0 Å². The normalized spacial score (nSPS) is 37.3. The minimum Gasteiger partial charge on any atom is -0.377 e. The van der Waals surface area contributed by atoms with Crippen LogP contribution in [0.15, 0.2) is 0 Å². The van der Waals surface area contributed by atoms with E-state index in [0.29, 0.717) is 12.1 Å². The summed E-state index contributed by atoms with van der Waals surface area (Å²) in [7, 11) is 4.38. The molecule has 1 N–H and O–H groups in total. The molecule has 3 nitrogen and oxygen atoms in total. The number of nitrogens with one attached hydrogen (secondary N) is 1. The van der Waals surface area contributed by atoms with Crippen LogP contribution in [0.1, 0.15) is 39.0 Å². The van der Waals surface area contributed by atoms with E-state index in [9.17, 15) is 0 Å². The number of hydrogen-bond acceptors (Lipinski definition) is 3. The summed E-state index contributed by atoms with van der Waals surface area (Å²) in [6, 6.07) is 0.716. The lowest BCUT2D eigenvalue weighted by Gasteiger charge is -2.37. The molecule has 0 aromatic heterocycles. The second-order valence-corrected chi connectivity index (χ2v) is 6.43. The van der Waals surface area contributed by atoms with Gasteiger partial charge in [-0.05, 0) is 58.0 Å². The molecule has 0 amide bonds. The van der Waals surface area contributed by atoms with Crippen LogP contribution in [0.5, 0.6) is 0 Å². The molecule has 0 aromatic carbocycles. The molecule has 1 saturated carbocycles. The second-order valence-electron chi connectivity index (χ2n) is 6.43. The molecule has 1 saturated heterocycles. The van der Waals surface area contributed by atoms with E-state index >= 15 is 0 Å². The summed E-state index contributed by atoms with van der Waals surface area (Å²) < 4.78 is 5.73. The maximum Gasteiger partial charge on any atom is 0.0702 e. The highest BCUT2D eigenvalue weighted by Gasteiger charge is 2.29. The van der Waals surface area contributed by atoms with Gasteiger partial charge in [-0.15, -0.1) is 0 Å². The fourth-order valence-corrected chi connectivity index (χ4v) is 3.69. The van der Waals surface area contributed by atoms with E-state index in [4.69, 9.17) is 4.74 Å². The molecule has 18 heavy (non-hydrogen) atoms. The first-order valence-corrected chi connectivity index (χ1v) is 7.66. The van der Waals surface area contributed by atoms with Crippen molar-refractivity contribution >= 4 is 0 Å². The first kappa shape index (κ1) is 14.3. The van der Waals surface area contributed by atoms with Gasteiger partial charge >= 0.3 is 0 Å². The van der Waals surface area contributed by atoms with Crippen molar-refractivity contribution in [1.29, 1.82) is 0 Å². The Morgan fingerprint density at radius 1 is 1.22 bits per heavy atom. The highest BCUT2D eigenvalue weighted by molar-refractivity contribution is 4.84. The summed E-state index contributed by atoms with van der Waals surface area (Å²) in [4.78, 5) is 2.49. The van der Waals surface area contributed by atoms with Gasteiger partial charge in [-0.1, -0.05) is 6.92 Å². The van der Waals surface area contributed by atoms with Gasteiger partial charge in [0.15, 0.2) is 0 Å². The molecule has 2 fully saturated rings. The van der Waals surface area contributed by atoms with Crippen LogP contribution in [0.2, 0.25) is 0 Å². The number of likely N-dealkylation sites (N-methyl/N-ethyl adjacent to an activating group) is 1. The molecule has 2 rings (SSSR count). The fourth-order valence-electron chi connectivity index (χ4n) is 3.69. The monoisotopic (exact) mass is 254 g/mol. The standard InChI is InChI=1S/C15H30N2O/c1-12-6-7-15(16-2)13(9-12)10-17(3)11-14-5-4-8-18-14/h12-16H,4-11H2,1-3H3. The Morgan fingerprint density at radius 3 is 2.72 bits per heavy atom. The minimum atomic E-state index is 0.490. The Labute approximate surface area is 112 Å². The average molecular weight is 254 g/mol. The summed E-state index contributed by atoms with van der Waals surface area (Å²) in [5.41, 5.74) is 0. The molecule has 3 heteroatoms. The third-order valence-corrected chi connectivity index (χ3v) is 4.70. The van der Waals surface area contributed by atoms with Gasteiger partial charge in [-0.3, -0.25) is 0 Å². The van der Waals surface area contributed by atoms with Crippen molar-refractivity contribution in [3.63, 3.8) is 0 Å². The molecule has 1 heterocycles. The van der Waals surface area contributed by atoms with Crippen LogP contribution in [0.3, 0.4) is 0 Å². The van der Waals surface area contributed by atoms with Crippen molar-refractivity contribution in [1.82, 2.24) is 10.2 Å². The van der Waals surface area contributed by atoms with Crippen LogP contribution in [0, 0.1) is 11.8 Å². The predicted octanol–water partition coefficient (Wildman–Crippen LogP) is 2.12. The van der Waals surface area contributed by atoms with Crippen molar-refractivity contribution in [3.8, 4) is 0 Å². The topological polar surface area (TPSA) is 24.5 Å². The molecule has 2 aliphatic rings. The van der Waals surface area contributed by atoms with Gasteiger partial charge in [0.25, 0.3) is 0 Å².